The first kappa shape index (κ1) is 20.0. The second-order valence-electron chi connectivity index (χ2n) is 4.62. The molecular formula is C12H13F6N3O. The number of hydrogen-bond donors (Lipinski definition) is 0. The molecule has 4 nitrogen and oxygen atoms in total. The van der Waals surface area contributed by atoms with E-state index in [0.717, 1.165) is 0 Å². The van der Waals surface area contributed by atoms with Crippen molar-refractivity contribution in [1.82, 2.24) is 0 Å². The monoisotopic (exact) mass is 329 g/mol. The summed E-state index contributed by atoms with van der Waals surface area (Å²) in [5, 5.41) is 21.1. The van der Waals surface area contributed by atoms with Gasteiger partial charge in [-0.15, -0.1) is 0 Å². The number of nitriles is 2. The van der Waals surface area contributed by atoms with Crippen molar-refractivity contribution in [3.63, 3.8) is 0 Å². The summed E-state index contributed by atoms with van der Waals surface area (Å²) in [6, 6.07) is 3.01. The van der Waals surface area contributed by atoms with Crippen molar-refractivity contribution in [3.05, 3.63) is 0 Å². The maximum atomic E-state index is 12.2. The van der Waals surface area contributed by atoms with Gasteiger partial charge in [-0.25, -0.2) is 0 Å². The Morgan fingerprint density at radius 1 is 0.955 bits per heavy atom. The van der Waals surface area contributed by atoms with Crippen LogP contribution in [-0.4, -0.2) is 24.7 Å². The Balaban J connectivity index is 4.62. The highest BCUT2D eigenvalue weighted by Crippen LogP contribution is 2.33. The molecule has 0 saturated carbocycles. The predicted molar refractivity (Wildman–Crippen MR) is 63.3 cm³/mol. The van der Waals surface area contributed by atoms with Gasteiger partial charge in [0.25, 0.3) is 0 Å². The fraction of sp³-hybridized carbons (Fsp3) is 0.750. The molecule has 0 aliphatic heterocycles. The van der Waals surface area contributed by atoms with Crippen molar-refractivity contribution in [1.29, 1.82) is 10.5 Å². The van der Waals surface area contributed by atoms with Gasteiger partial charge in [-0.1, -0.05) is 5.16 Å². The summed E-state index contributed by atoms with van der Waals surface area (Å²) in [6.45, 7) is 0.500. The van der Waals surface area contributed by atoms with Gasteiger partial charge in [-0.05, 0) is 13.3 Å². The largest absolute Gasteiger partial charge is 0.396 e. The van der Waals surface area contributed by atoms with Crippen LogP contribution in [0.3, 0.4) is 0 Å². The van der Waals surface area contributed by atoms with Crippen molar-refractivity contribution < 1.29 is 31.2 Å². The molecule has 22 heavy (non-hydrogen) atoms. The van der Waals surface area contributed by atoms with Crippen LogP contribution < -0.4 is 0 Å². The molecule has 0 spiro atoms. The van der Waals surface area contributed by atoms with Gasteiger partial charge in [0, 0.05) is 12.8 Å². The van der Waals surface area contributed by atoms with Gasteiger partial charge in [0.1, 0.15) is 12.0 Å². The van der Waals surface area contributed by atoms with Crippen molar-refractivity contribution >= 4 is 5.71 Å². The highest BCUT2D eigenvalue weighted by atomic mass is 19.4. The van der Waals surface area contributed by atoms with Gasteiger partial charge in [-0.3, -0.25) is 0 Å². The Hall–Kier alpha value is -1.97. The molecule has 0 aromatic heterocycles. The number of nitrogens with zero attached hydrogens (tertiary/aromatic N) is 3. The summed E-state index contributed by atoms with van der Waals surface area (Å²) >= 11 is 0. The van der Waals surface area contributed by atoms with E-state index in [1.54, 1.807) is 0 Å². The Bertz CT molecular complexity index is 455. The van der Waals surface area contributed by atoms with Crippen molar-refractivity contribution in [2.24, 2.45) is 10.6 Å². The van der Waals surface area contributed by atoms with E-state index < -0.39 is 50.1 Å². The molecule has 0 rings (SSSR count). The van der Waals surface area contributed by atoms with Gasteiger partial charge in [0.2, 0.25) is 0 Å². The lowest BCUT2D eigenvalue weighted by molar-refractivity contribution is -0.145. The van der Waals surface area contributed by atoms with E-state index in [1.807, 2.05) is 0 Å². The van der Waals surface area contributed by atoms with Gasteiger partial charge < -0.3 is 4.84 Å². The molecule has 0 heterocycles. The average Bonchev–Trinajstić information content (AvgIpc) is 2.38. The smallest absolute Gasteiger partial charge is 0.392 e. The van der Waals surface area contributed by atoms with E-state index >= 15 is 0 Å². The van der Waals surface area contributed by atoms with Crippen LogP contribution in [0, 0.1) is 28.1 Å². The van der Waals surface area contributed by atoms with E-state index in [4.69, 9.17) is 10.5 Å². The molecule has 0 aliphatic carbocycles. The lowest BCUT2D eigenvalue weighted by Crippen LogP contribution is -2.23. The van der Waals surface area contributed by atoms with E-state index in [0.29, 0.717) is 0 Å². The first-order chi connectivity index (χ1) is 9.93. The molecule has 10 heteroatoms. The van der Waals surface area contributed by atoms with Gasteiger partial charge in [0.15, 0.2) is 0 Å². The third kappa shape index (κ3) is 9.06. The van der Waals surface area contributed by atoms with Crippen LogP contribution in [0.4, 0.5) is 26.3 Å². The molecular weight excluding hydrogens is 316 g/mol. The molecule has 0 unspecified atom stereocenters. The quantitative estimate of drug-likeness (QED) is 0.306. The lowest BCUT2D eigenvalue weighted by atomic mass is 9.81. The molecule has 0 atom stereocenters. The summed E-state index contributed by atoms with van der Waals surface area (Å²) < 4.78 is 72.1. The first-order valence-corrected chi connectivity index (χ1v) is 6.04. The molecule has 0 bridgehead atoms. The minimum absolute atomic E-state index is 0.0348. The maximum Gasteiger partial charge on any atom is 0.392 e. The molecule has 0 amide bonds. The zero-order valence-electron chi connectivity index (χ0n) is 11.6. The lowest BCUT2D eigenvalue weighted by Gasteiger charge is -2.19. The number of alkyl halides is 6. The van der Waals surface area contributed by atoms with Gasteiger partial charge in [-0.2, -0.15) is 36.9 Å². The third-order valence-corrected chi connectivity index (χ3v) is 2.52. The maximum absolute atomic E-state index is 12.2. The van der Waals surface area contributed by atoms with E-state index in [1.165, 1.54) is 19.1 Å². The van der Waals surface area contributed by atoms with E-state index in [-0.39, 0.29) is 5.71 Å². The first-order valence-electron chi connectivity index (χ1n) is 6.04. The minimum atomic E-state index is -4.52. The predicted octanol–water partition coefficient (Wildman–Crippen LogP) is 4.10. The molecule has 0 aliphatic rings. The van der Waals surface area contributed by atoms with Crippen molar-refractivity contribution in [3.8, 4) is 12.1 Å². The fourth-order valence-corrected chi connectivity index (χ4v) is 1.45. The van der Waals surface area contributed by atoms with Crippen LogP contribution in [0.5, 0.6) is 0 Å². The third-order valence-electron chi connectivity index (χ3n) is 2.52. The second kappa shape index (κ2) is 7.87. The summed E-state index contributed by atoms with van der Waals surface area (Å²) in [5.74, 6) is 0. The Morgan fingerprint density at radius 3 is 1.86 bits per heavy atom. The Labute approximate surface area is 122 Å². The van der Waals surface area contributed by atoms with Crippen LogP contribution in [0.2, 0.25) is 0 Å². The zero-order valence-corrected chi connectivity index (χ0v) is 11.6. The number of hydrogen-bond acceptors (Lipinski definition) is 4. The van der Waals surface area contributed by atoms with E-state index in [9.17, 15) is 26.3 Å². The molecule has 0 saturated heterocycles. The number of oxime groups is 1. The van der Waals surface area contributed by atoms with E-state index in [2.05, 4.69) is 9.99 Å². The average molecular weight is 329 g/mol. The molecule has 124 valence electrons. The molecule has 0 aromatic carbocycles. The molecule has 0 radical (unpaired) electrons. The topological polar surface area (TPSA) is 69.2 Å². The standard InChI is InChI=1S/C12H13F6N3O/c1-9(21-22-5-4-12(16,17)18)6-10(7-19,8-20)2-3-11(13,14)15/h2-6H2,1H3. The molecule has 0 aromatic rings. The number of rotatable bonds is 7. The Morgan fingerprint density at radius 2 is 1.45 bits per heavy atom. The SMILES string of the molecule is CC(CC(C#N)(C#N)CCC(F)(F)F)=NOCCC(F)(F)F. The molecule has 0 N–H and O–H groups in total. The summed E-state index contributed by atoms with van der Waals surface area (Å²) in [5.41, 5.74) is -1.98. The van der Waals surface area contributed by atoms with Crippen LogP contribution in [0.1, 0.15) is 32.6 Å². The summed E-state index contributed by atoms with van der Waals surface area (Å²) in [6.07, 6.45) is -12.7. The summed E-state index contributed by atoms with van der Waals surface area (Å²) in [4.78, 5) is 4.38. The fourth-order valence-electron chi connectivity index (χ4n) is 1.45. The highest BCUT2D eigenvalue weighted by Gasteiger charge is 2.37. The van der Waals surface area contributed by atoms with Crippen LogP contribution in [0.15, 0.2) is 5.16 Å². The van der Waals surface area contributed by atoms with Gasteiger partial charge >= 0.3 is 12.4 Å². The molecule has 0 fully saturated rings. The van der Waals surface area contributed by atoms with Crippen LogP contribution in [0.25, 0.3) is 0 Å². The van der Waals surface area contributed by atoms with Gasteiger partial charge in [0.05, 0.1) is 24.3 Å². The second-order valence-corrected chi connectivity index (χ2v) is 4.62. The number of halogens is 6. The highest BCUT2D eigenvalue weighted by molar-refractivity contribution is 5.82. The normalized spacial score (nSPS) is 13.4. The summed E-state index contributed by atoms with van der Waals surface area (Å²) in [7, 11) is 0. The van der Waals surface area contributed by atoms with Crippen LogP contribution >= 0.6 is 0 Å². The van der Waals surface area contributed by atoms with Crippen molar-refractivity contribution in [2.75, 3.05) is 6.61 Å². The van der Waals surface area contributed by atoms with Crippen LogP contribution in [-0.2, 0) is 4.84 Å². The Kier molecular flexibility index (Phi) is 7.17. The zero-order chi connectivity index (χ0) is 17.4. The van der Waals surface area contributed by atoms with Crippen molar-refractivity contribution in [2.45, 2.75) is 45.0 Å². The minimum Gasteiger partial charge on any atom is -0.396 e.